The highest BCUT2D eigenvalue weighted by Gasteiger charge is 2.15. The Kier molecular flexibility index (Phi) is 5.77. The number of aromatic nitrogens is 2. The molecule has 7 heteroatoms. The second-order valence-corrected chi connectivity index (χ2v) is 5.09. The summed E-state index contributed by atoms with van der Waals surface area (Å²) in [5.74, 6) is 0.224. The third-order valence-electron chi connectivity index (χ3n) is 2.64. The second kappa shape index (κ2) is 6.86. The zero-order chi connectivity index (χ0) is 13.7. The molecule has 0 radical (unpaired) electrons. The summed E-state index contributed by atoms with van der Waals surface area (Å²) in [7, 11) is 0. The number of halogens is 1. The lowest BCUT2D eigenvalue weighted by Crippen LogP contribution is -2.32. The first-order valence-corrected chi connectivity index (χ1v) is 6.54. The van der Waals surface area contributed by atoms with Gasteiger partial charge in [0.1, 0.15) is 4.47 Å². The average Bonchev–Trinajstić information content (AvgIpc) is 2.34. The largest absolute Gasteiger partial charge is 0.394 e. The number of rotatable bonds is 6. The van der Waals surface area contributed by atoms with Crippen molar-refractivity contribution >= 4 is 21.6 Å². The van der Waals surface area contributed by atoms with Gasteiger partial charge in [-0.05, 0) is 21.8 Å². The maximum Gasteiger partial charge on any atom is 0.283 e. The molecule has 0 saturated heterocycles. The third-order valence-corrected chi connectivity index (χ3v) is 3.41. The first kappa shape index (κ1) is 15.1. The van der Waals surface area contributed by atoms with E-state index in [1.807, 2.05) is 13.8 Å². The average molecular weight is 320 g/mol. The van der Waals surface area contributed by atoms with Crippen LogP contribution in [0.25, 0.3) is 0 Å². The smallest absolute Gasteiger partial charge is 0.283 e. The zero-order valence-corrected chi connectivity index (χ0v) is 12.0. The van der Waals surface area contributed by atoms with E-state index >= 15 is 0 Å². The molecule has 1 aromatic heterocycles. The molecule has 0 bridgehead atoms. The summed E-state index contributed by atoms with van der Waals surface area (Å²) in [4.78, 5) is 11.9. The molecular formula is C11H18BrN3O3. The number of hydrogen-bond acceptors (Lipinski definition) is 5. The lowest BCUT2D eigenvalue weighted by molar-refractivity contribution is 0.249. The van der Waals surface area contributed by atoms with Crippen LogP contribution in [0.3, 0.4) is 0 Å². The van der Waals surface area contributed by atoms with Gasteiger partial charge < -0.3 is 15.5 Å². The number of anilines is 1. The third kappa shape index (κ3) is 3.54. The van der Waals surface area contributed by atoms with E-state index in [0.29, 0.717) is 10.2 Å². The van der Waals surface area contributed by atoms with E-state index in [4.69, 9.17) is 5.11 Å². The summed E-state index contributed by atoms with van der Waals surface area (Å²) in [6.07, 6.45) is 1.51. The van der Waals surface area contributed by atoms with Crippen LogP contribution in [0.1, 0.15) is 13.8 Å². The van der Waals surface area contributed by atoms with Gasteiger partial charge in [-0.2, -0.15) is 5.10 Å². The van der Waals surface area contributed by atoms with Gasteiger partial charge in [0.2, 0.25) is 0 Å². The highest BCUT2D eigenvalue weighted by molar-refractivity contribution is 9.10. The summed E-state index contributed by atoms with van der Waals surface area (Å²) in [6.45, 7) is 3.94. The van der Waals surface area contributed by atoms with Crippen molar-refractivity contribution in [2.24, 2.45) is 5.92 Å². The van der Waals surface area contributed by atoms with E-state index in [9.17, 15) is 9.90 Å². The maximum atomic E-state index is 11.9. The molecule has 0 aliphatic rings. The Morgan fingerprint density at radius 1 is 1.50 bits per heavy atom. The predicted octanol–water partition coefficient (Wildman–Crippen LogP) is 0.427. The van der Waals surface area contributed by atoms with Crippen LogP contribution in [0.4, 0.5) is 5.69 Å². The molecule has 0 spiro atoms. The Bertz CT molecular complexity index is 448. The number of aliphatic hydroxyl groups is 2. The van der Waals surface area contributed by atoms with Gasteiger partial charge in [-0.3, -0.25) is 4.79 Å². The standard InChI is InChI=1S/C11H18BrN3O3/c1-7(2)9(6-17)14-8-5-13-15(3-4-16)11(18)10(8)12/h5,7,9,14,16-17H,3-4,6H2,1-2H3/t9-/m1/s1. The van der Waals surface area contributed by atoms with Gasteiger partial charge >= 0.3 is 0 Å². The molecule has 0 amide bonds. The quantitative estimate of drug-likeness (QED) is 0.707. The van der Waals surface area contributed by atoms with E-state index in [-0.39, 0.29) is 37.3 Å². The lowest BCUT2D eigenvalue weighted by Gasteiger charge is -2.21. The SMILES string of the molecule is CC(C)[C@@H](CO)Nc1cnn(CCO)c(=O)c1Br. The van der Waals surface area contributed by atoms with Gasteiger partial charge in [-0.15, -0.1) is 0 Å². The van der Waals surface area contributed by atoms with Crippen LogP contribution >= 0.6 is 15.9 Å². The van der Waals surface area contributed by atoms with E-state index in [0.717, 1.165) is 0 Å². The molecule has 1 rings (SSSR count). The van der Waals surface area contributed by atoms with Gasteiger partial charge in [-0.1, -0.05) is 13.8 Å². The number of aliphatic hydroxyl groups excluding tert-OH is 2. The fourth-order valence-electron chi connectivity index (χ4n) is 1.44. The minimum Gasteiger partial charge on any atom is -0.394 e. The van der Waals surface area contributed by atoms with Crippen LogP contribution in [0.15, 0.2) is 15.5 Å². The molecule has 0 aromatic carbocycles. The molecule has 1 atom stereocenters. The van der Waals surface area contributed by atoms with Crippen LogP contribution in [0.2, 0.25) is 0 Å². The van der Waals surface area contributed by atoms with Gasteiger partial charge in [0.15, 0.2) is 0 Å². The van der Waals surface area contributed by atoms with Crippen LogP contribution in [0.5, 0.6) is 0 Å². The van der Waals surface area contributed by atoms with E-state index < -0.39 is 0 Å². The highest BCUT2D eigenvalue weighted by Crippen LogP contribution is 2.19. The van der Waals surface area contributed by atoms with Crippen molar-refractivity contribution in [3.05, 3.63) is 21.0 Å². The van der Waals surface area contributed by atoms with Crippen molar-refractivity contribution < 1.29 is 10.2 Å². The molecule has 1 aromatic rings. The summed E-state index contributed by atoms with van der Waals surface area (Å²) >= 11 is 3.21. The Labute approximate surface area is 114 Å². The number of nitrogens with zero attached hydrogens (tertiary/aromatic N) is 2. The van der Waals surface area contributed by atoms with E-state index in [2.05, 4.69) is 26.3 Å². The summed E-state index contributed by atoms with van der Waals surface area (Å²) in [5, 5.41) is 25.1. The molecule has 3 N–H and O–H groups in total. The predicted molar refractivity (Wildman–Crippen MR) is 72.6 cm³/mol. The van der Waals surface area contributed by atoms with E-state index in [1.54, 1.807) is 0 Å². The minimum absolute atomic E-state index is 0.0240. The summed E-state index contributed by atoms with van der Waals surface area (Å²) < 4.78 is 1.53. The lowest BCUT2D eigenvalue weighted by atomic mass is 10.1. The van der Waals surface area contributed by atoms with Crippen LogP contribution in [-0.4, -0.2) is 39.2 Å². The van der Waals surface area contributed by atoms with Gasteiger partial charge in [0.25, 0.3) is 5.56 Å². The topological polar surface area (TPSA) is 87.4 Å². The fourth-order valence-corrected chi connectivity index (χ4v) is 1.86. The van der Waals surface area contributed by atoms with Crippen molar-refractivity contribution in [2.75, 3.05) is 18.5 Å². The molecule has 0 fully saturated rings. The van der Waals surface area contributed by atoms with Crippen LogP contribution < -0.4 is 10.9 Å². The van der Waals surface area contributed by atoms with E-state index in [1.165, 1.54) is 10.9 Å². The van der Waals surface area contributed by atoms with Gasteiger partial charge in [0.05, 0.1) is 37.7 Å². The molecule has 18 heavy (non-hydrogen) atoms. The molecule has 0 aliphatic carbocycles. The zero-order valence-electron chi connectivity index (χ0n) is 10.4. The summed E-state index contributed by atoms with van der Waals surface area (Å²) in [6, 6.07) is -0.142. The maximum absolute atomic E-state index is 11.9. The van der Waals surface area contributed by atoms with Crippen molar-refractivity contribution in [3.63, 3.8) is 0 Å². The van der Waals surface area contributed by atoms with Gasteiger partial charge in [0, 0.05) is 0 Å². The Hall–Kier alpha value is -0.920. The fraction of sp³-hybridized carbons (Fsp3) is 0.636. The molecule has 0 saturated carbocycles. The molecule has 102 valence electrons. The monoisotopic (exact) mass is 319 g/mol. The van der Waals surface area contributed by atoms with Crippen LogP contribution in [0, 0.1) is 5.92 Å². The summed E-state index contributed by atoms with van der Waals surface area (Å²) in [5.41, 5.74) is 0.233. The Morgan fingerprint density at radius 2 is 2.17 bits per heavy atom. The van der Waals surface area contributed by atoms with Crippen molar-refractivity contribution in [2.45, 2.75) is 26.4 Å². The normalized spacial score (nSPS) is 12.8. The molecular weight excluding hydrogens is 302 g/mol. The number of hydrogen-bond donors (Lipinski definition) is 3. The van der Waals surface area contributed by atoms with Crippen molar-refractivity contribution in [1.29, 1.82) is 0 Å². The molecule has 6 nitrogen and oxygen atoms in total. The molecule has 1 heterocycles. The molecule has 0 aliphatic heterocycles. The second-order valence-electron chi connectivity index (χ2n) is 4.30. The molecule has 0 unspecified atom stereocenters. The van der Waals surface area contributed by atoms with Gasteiger partial charge in [-0.25, -0.2) is 4.68 Å². The minimum atomic E-state index is -0.311. The Balaban J connectivity index is 2.98. The first-order valence-electron chi connectivity index (χ1n) is 5.75. The highest BCUT2D eigenvalue weighted by atomic mass is 79.9. The number of nitrogens with one attached hydrogen (secondary N) is 1. The van der Waals surface area contributed by atoms with Crippen molar-refractivity contribution in [3.8, 4) is 0 Å². The van der Waals surface area contributed by atoms with Crippen LogP contribution in [-0.2, 0) is 6.54 Å². The first-order chi connectivity index (χ1) is 8.51. The Morgan fingerprint density at radius 3 is 2.67 bits per heavy atom. The van der Waals surface area contributed by atoms with Crippen molar-refractivity contribution in [1.82, 2.24) is 9.78 Å².